The van der Waals surface area contributed by atoms with E-state index >= 15 is 0 Å². The Morgan fingerprint density at radius 1 is 0.875 bits per heavy atom. The molecule has 3 aromatic carbocycles. The van der Waals surface area contributed by atoms with Gasteiger partial charge in [-0.15, -0.1) is 0 Å². The van der Waals surface area contributed by atoms with Crippen LogP contribution in [0.1, 0.15) is 53.2 Å². The van der Waals surface area contributed by atoms with Gasteiger partial charge in [0.2, 0.25) is 5.91 Å². The van der Waals surface area contributed by atoms with Gasteiger partial charge in [0, 0.05) is 36.5 Å². The first-order valence-corrected chi connectivity index (χ1v) is 10.3. The summed E-state index contributed by atoms with van der Waals surface area (Å²) in [7, 11) is 1.69. The number of nitrogens with zero attached hydrogens (tertiary/aromatic N) is 1. The molecule has 0 fully saturated rings. The molecule has 0 radical (unpaired) electrons. The Morgan fingerprint density at radius 2 is 1.53 bits per heavy atom. The second-order valence-electron chi connectivity index (χ2n) is 7.55. The zero-order valence-electron chi connectivity index (χ0n) is 18.6. The van der Waals surface area contributed by atoms with E-state index in [1.54, 1.807) is 67.7 Å². The van der Waals surface area contributed by atoms with Crippen LogP contribution in [0.2, 0.25) is 0 Å². The van der Waals surface area contributed by atoms with Gasteiger partial charge in [0.05, 0.1) is 0 Å². The summed E-state index contributed by atoms with van der Waals surface area (Å²) in [5.41, 5.74) is 3.42. The molecule has 2 amide bonds. The van der Waals surface area contributed by atoms with Gasteiger partial charge in [0.1, 0.15) is 11.9 Å². The van der Waals surface area contributed by atoms with Gasteiger partial charge < -0.3 is 15.0 Å². The summed E-state index contributed by atoms with van der Waals surface area (Å²) in [6.45, 7) is 4.94. The molecule has 0 aliphatic heterocycles. The number of amides is 2. The molecule has 1 atom stereocenters. The number of benzene rings is 3. The predicted octanol–water partition coefficient (Wildman–Crippen LogP) is 5.26. The molecular formula is C26H26N2O4. The van der Waals surface area contributed by atoms with Crippen LogP contribution in [0, 0.1) is 0 Å². The lowest BCUT2D eigenvalue weighted by atomic mass is 10.1. The summed E-state index contributed by atoms with van der Waals surface area (Å²) < 4.78 is 6.00. The SMILES string of the molecule is CC(=O)c1ccc(C(C)Oc2cccc(C(=O)Nc3ccc(N(C)C(C)=O)cc3)c2)cc1. The third kappa shape index (κ3) is 5.60. The van der Waals surface area contributed by atoms with Crippen LogP contribution in [0.15, 0.2) is 72.8 Å². The minimum atomic E-state index is -0.262. The summed E-state index contributed by atoms with van der Waals surface area (Å²) in [4.78, 5) is 37.1. The van der Waals surface area contributed by atoms with Crippen molar-refractivity contribution >= 4 is 29.0 Å². The third-order valence-corrected chi connectivity index (χ3v) is 5.18. The van der Waals surface area contributed by atoms with Crippen molar-refractivity contribution in [3.05, 3.63) is 89.5 Å². The second-order valence-corrected chi connectivity index (χ2v) is 7.55. The Balaban J connectivity index is 1.66. The van der Waals surface area contributed by atoms with Crippen molar-refractivity contribution in [3.8, 4) is 5.75 Å². The Kier molecular flexibility index (Phi) is 7.05. The Labute approximate surface area is 187 Å². The molecule has 32 heavy (non-hydrogen) atoms. The Hall–Kier alpha value is -3.93. The number of hydrogen-bond acceptors (Lipinski definition) is 4. The standard InChI is InChI=1S/C26H26N2O4/c1-17(29)20-8-10-21(11-9-20)18(2)32-25-7-5-6-22(16-25)26(31)27-23-12-14-24(15-13-23)28(4)19(3)30/h5-16,18H,1-4H3,(H,27,31). The first-order valence-electron chi connectivity index (χ1n) is 10.3. The van der Waals surface area contributed by atoms with Crippen LogP contribution in [-0.2, 0) is 4.79 Å². The van der Waals surface area contributed by atoms with Crippen molar-refractivity contribution in [2.75, 3.05) is 17.3 Å². The van der Waals surface area contributed by atoms with Crippen LogP contribution < -0.4 is 15.0 Å². The number of ether oxygens (including phenoxy) is 1. The molecule has 0 bridgehead atoms. The molecule has 0 saturated carbocycles. The normalized spacial score (nSPS) is 11.4. The van der Waals surface area contributed by atoms with E-state index in [-0.39, 0.29) is 23.7 Å². The molecule has 0 aliphatic rings. The zero-order chi connectivity index (χ0) is 23.3. The highest BCUT2D eigenvalue weighted by Gasteiger charge is 2.12. The zero-order valence-corrected chi connectivity index (χ0v) is 18.6. The maximum Gasteiger partial charge on any atom is 0.255 e. The topological polar surface area (TPSA) is 75.7 Å². The highest BCUT2D eigenvalue weighted by molar-refractivity contribution is 6.04. The number of ketones is 1. The summed E-state index contributed by atoms with van der Waals surface area (Å²) in [6, 6.07) is 21.3. The largest absolute Gasteiger partial charge is 0.486 e. The van der Waals surface area contributed by atoms with Crippen molar-refractivity contribution < 1.29 is 19.1 Å². The van der Waals surface area contributed by atoms with E-state index in [1.807, 2.05) is 19.1 Å². The molecule has 3 rings (SSSR count). The molecule has 6 heteroatoms. The van der Waals surface area contributed by atoms with E-state index < -0.39 is 0 Å². The lowest BCUT2D eigenvalue weighted by molar-refractivity contribution is -0.116. The molecule has 164 valence electrons. The first-order chi connectivity index (χ1) is 15.2. The van der Waals surface area contributed by atoms with E-state index in [1.165, 1.54) is 18.7 Å². The summed E-state index contributed by atoms with van der Waals surface area (Å²) in [5, 5.41) is 2.85. The highest BCUT2D eigenvalue weighted by atomic mass is 16.5. The number of Topliss-reactive ketones (excluding diaryl/α,β-unsaturated/α-hetero) is 1. The van der Waals surface area contributed by atoms with E-state index in [0.717, 1.165) is 11.3 Å². The molecule has 0 saturated heterocycles. The van der Waals surface area contributed by atoms with Gasteiger partial charge in [-0.25, -0.2) is 0 Å². The molecule has 3 aromatic rings. The predicted molar refractivity (Wildman–Crippen MR) is 125 cm³/mol. The quantitative estimate of drug-likeness (QED) is 0.519. The van der Waals surface area contributed by atoms with Gasteiger partial charge in [-0.3, -0.25) is 14.4 Å². The van der Waals surface area contributed by atoms with Crippen LogP contribution in [0.5, 0.6) is 5.75 Å². The summed E-state index contributed by atoms with van der Waals surface area (Å²) in [6.07, 6.45) is -0.250. The fraction of sp³-hybridized carbons (Fsp3) is 0.192. The average molecular weight is 431 g/mol. The molecule has 0 aromatic heterocycles. The number of rotatable bonds is 7. The van der Waals surface area contributed by atoms with Crippen LogP contribution in [0.25, 0.3) is 0 Å². The minimum Gasteiger partial charge on any atom is -0.486 e. The number of anilines is 2. The minimum absolute atomic E-state index is 0.0179. The molecule has 0 aliphatic carbocycles. The lowest BCUT2D eigenvalue weighted by Crippen LogP contribution is -2.22. The molecule has 0 heterocycles. The fourth-order valence-corrected chi connectivity index (χ4v) is 3.13. The van der Waals surface area contributed by atoms with Gasteiger partial charge in [0.25, 0.3) is 5.91 Å². The van der Waals surface area contributed by atoms with Crippen LogP contribution in [0.4, 0.5) is 11.4 Å². The molecule has 1 unspecified atom stereocenters. The Morgan fingerprint density at radius 3 is 2.12 bits per heavy atom. The number of carbonyl (C=O) groups is 3. The van der Waals surface area contributed by atoms with Crippen molar-refractivity contribution in [1.82, 2.24) is 0 Å². The van der Waals surface area contributed by atoms with Gasteiger partial charge in [0.15, 0.2) is 5.78 Å². The Bertz CT molecular complexity index is 1120. The van der Waals surface area contributed by atoms with Crippen LogP contribution in [0.3, 0.4) is 0 Å². The van der Waals surface area contributed by atoms with Crippen LogP contribution in [-0.4, -0.2) is 24.6 Å². The van der Waals surface area contributed by atoms with Gasteiger partial charge in [-0.2, -0.15) is 0 Å². The lowest BCUT2D eigenvalue weighted by Gasteiger charge is -2.16. The number of carbonyl (C=O) groups excluding carboxylic acids is 3. The van der Waals surface area contributed by atoms with E-state index in [0.29, 0.717) is 22.6 Å². The summed E-state index contributed by atoms with van der Waals surface area (Å²) in [5.74, 6) is 0.257. The average Bonchev–Trinajstić information content (AvgIpc) is 2.79. The van der Waals surface area contributed by atoms with Crippen LogP contribution >= 0.6 is 0 Å². The van der Waals surface area contributed by atoms with Crippen molar-refractivity contribution in [2.45, 2.75) is 26.9 Å². The highest BCUT2D eigenvalue weighted by Crippen LogP contribution is 2.24. The van der Waals surface area contributed by atoms with Gasteiger partial charge in [-0.05, 0) is 61.9 Å². The van der Waals surface area contributed by atoms with Crippen molar-refractivity contribution in [2.24, 2.45) is 0 Å². The van der Waals surface area contributed by atoms with Crippen molar-refractivity contribution in [1.29, 1.82) is 0 Å². The van der Waals surface area contributed by atoms with E-state index in [2.05, 4.69) is 5.32 Å². The monoisotopic (exact) mass is 430 g/mol. The molecular weight excluding hydrogens is 404 g/mol. The third-order valence-electron chi connectivity index (χ3n) is 5.18. The molecule has 6 nitrogen and oxygen atoms in total. The molecule has 0 spiro atoms. The van der Waals surface area contributed by atoms with Crippen molar-refractivity contribution in [3.63, 3.8) is 0 Å². The number of hydrogen-bond donors (Lipinski definition) is 1. The molecule has 1 N–H and O–H groups in total. The second kappa shape index (κ2) is 9.92. The maximum atomic E-state index is 12.7. The maximum absolute atomic E-state index is 12.7. The first kappa shape index (κ1) is 22.7. The summed E-state index contributed by atoms with van der Waals surface area (Å²) >= 11 is 0. The van der Waals surface area contributed by atoms with Gasteiger partial charge in [-0.1, -0.05) is 30.3 Å². The van der Waals surface area contributed by atoms with E-state index in [4.69, 9.17) is 4.74 Å². The smallest absolute Gasteiger partial charge is 0.255 e. The fourth-order valence-electron chi connectivity index (χ4n) is 3.13. The van der Waals surface area contributed by atoms with E-state index in [9.17, 15) is 14.4 Å². The number of nitrogens with one attached hydrogen (secondary N) is 1. The van der Waals surface area contributed by atoms with Gasteiger partial charge >= 0.3 is 0 Å².